The average Bonchev–Trinajstić information content (AvgIpc) is 3.29. The Morgan fingerprint density at radius 3 is 2.47 bits per heavy atom. The molecule has 2 heterocycles. The monoisotopic (exact) mass is 453 g/mol. The Labute approximate surface area is 199 Å². The highest BCUT2D eigenvalue weighted by Crippen LogP contribution is 2.38. The van der Waals surface area contributed by atoms with Gasteiger partial charge in [0.15, 0.2) is 11.5 Å². The van der Waals surface area contributed by atoms with Gasteiger partial charge in [0.1, 0.15) is 6.04 Å². The summed E-state index contributed by atoms with van der Waals surface area (Å²) in [4.78, 5) is 15.7. The zero-order valence-electron chi connectivity index (χ0n) is 19.5. The smallest absolute Gasteiger partial charge is 0.322 e. The Bertz CT molecular complexity index is 1340. The maximum atomic E-state index is 13.8. The lowest BCUT2D eigenvalue weighted by Gasteiger charge is -2.32. The molecule has 0 aliphatic carbocycles. The van der Waals surface area contributed by atoms with Crippen molar-refractivity contribution in [1.82, 2.24) is 9.47 Å². The summed E-state index contributed by atoms with van der Waals surface area (Å²) in [7, 11) is 3.17. The molecule has 34 heavy (non-hydrogen) atoms. The van der Waals surface area contributed by atoms with E-state index in [0.29, 0.717) is 23.7 Å². The lowest BCUT2D eigenvalue weighted by molar-refractivity contribution is 0.194. The van der Waals surface area contributed by atoms with Gasteiger partial charge in [-0.25, -0.2) is 4.79 Å². The van der Waals surface area contributed by atoms with Gasteiger partial charge in [0, 0.05) is 23.6 Å². The maximum absolute atomic E-state index is 13.8. The second kappa shape index (κ2) is 8.98. The minimum atomic E-state index is -0.260. The van der Waals surface area contributed by atoms with E-state index in [0.717, 1.165) is 28.1 Å². The summed E-state index contributed by atoms with van der Waals surface area (Å²) < 4.78 is 12.9. The molecule has 6 heteroatoms. The van der Waals surface area contributed by atoms with Gasteiger partial charge in [0.05, 0.1) is 26.5 Å². The minimum absolute atomic E-state index is 0.190. The van der Waals surface area contributed by atoms with Gasteiger partial charge in [-0.1, -0.05) is 42.5 Å². The molecule has 1 atom stereocenters. The molecule has 0 saturated carbocycles. The largest absolute Gasteiger partial charge is 0.493 e. The van der Waals surface area contributed by atoms with E-state index >= 15 is 0 Å². The van der Waals surface area contributed by atoms with Gasteiger partial charge < -0.3 is 24.3 Å². The summed E-state index contributed by atoms with van der Waals surface area (Å²) in [6, 6.07) is 25.5. The number of aryl methyl sites for hydroxylation is 1. The van der Waals surface area contributed by atoms with E-state index in [1.165, 1.54) is 0 Å². The van der Waals surface area contributed by atoms with E-state index in [2.05, 4.69) is 53.3 Å². The van der Waals surface area contributed by atoms with E-state index in [1.54, 1.807) is 26.4 Å². The molecular formula is C28H27N3O3. The molecule has 0 spiro atoms. The number of ether oxygens (including phenoxy) is 2. The van der Waals surface area contributed by atoms with E-state index in [4.69, 9.17) is 9.47 Å². The fourth-order valence-corrected chi connectivity index (χ4v) is 4.67. The third-order valence-electron chi connectivity index (χ3n) is 6.34. The number of carbonyl (C=O) groups is 1. The molecule has 3 aromatic carbocycles. The number of carbonyl (C=O) groups excluding carboxylic acids is 1. The van der Waals surface area contributed by atoms with Crippen LogP contribution in [0.2, 0.25) is 0 Å². The van der Waals surface area contributed by atoms with Crippen molar-refractivity contribution >= 4 is 11.7 Å². The molecule has 1 aliphatic rings. The van der Waals surface area contributed by atoms with Crippen LogP contribution in [0.3, 0.4) is 0 Å². The van der Waals surface area contributed by atoms with Crippen LogP contribution >= 0.6 is 0 Å². The molecule has 4 aromatic rings. The van der Waals surface area contributed by atoms with Crippen LogP contribution in [0.15, 0.2) is 85.1 Å². The van der Waals surface area contributed by atoms with Crippen LogP contribution in [0, 0.1) is 6.92 Å². The second-order valence-corrected chi connectivity index (χ2v) is 8.32. The van der Waals surface area contributed by atoms with Gasteiger partial charge in [-0.2, -0.15) is 0 Å². The number of nitrogens with one attached hydrogen (secondary N) is 1. The molecule has 6 nitrogen and oxygen atoms in total. The number of hydrogen-bond acceptors (Lipinski definition) is 3. The van der Waals surface area contributed by atoms with E-state index < -0.39 is 0 Å². The highest BCUT2D eigenvalue weighted by molar-refractivity contribution is 5.90. The summed E-state index contributed by atoms with van der Waals surface area (Å²) >= 11 is 0. The Balaban J connectivity index is 1.60. The van der Waals surface area contributed by atoms with Gasteiger partial charge in [-0.15, -0.1) is 0 Å². The molecule has 2 amide bonds. The number of fused-ring (bicyclic) bond motifs is 3. The number of para-hydroxylation sites is 1. The summed E-state index contributed by atoms with van der Waals surface area (Å²) in [5.74, 6) is 1.17. The first-order valence-corrected chi connectivity index (χ1v) is 11.2. The Kier molecular flexibility index (Phi) is 5.72. The lowest BCUT2D eigenvalue weighted by Crippen LogP contribution is -2.38. The van der Waals surface area contributed by atoms with Gasteiger partial charge >= 0.3 is 6.03 Å². The Hall–Kier alpha value is -4.19. The van der Waals surface area contributed by atoms with Gasteiger partial charge in [0.25, 0.3) is 0 Å². The highest BCUT2D eigenvalue weighted by Gasteiger charge is 2.33. The molecule has 0 bridgehead atoms. The number of anilines is 1. The predicted molar refractivity (Wildman–Crippen MR) is 133 cm³/mol. The summed E-state index contributed by atoms with van der Waals surface area (Å²) in [6.45, 7) is 2.56. The molecule has 0 saturated heterocycles. The topological polar surface area (TPSA) is 55.7 Å². The highest BCUT2D eigenvalue weighted by atomic mass is 16.5. The second-order valence-electron chi connectivity index (χ2n) is 8.32. The summed E-state index contributed by atoms with van der Waals surface area (Å²) in [5.41, 5.74) is 6.08. The van der Waals surface area contributed by atoms with Gasteiger partial charge in [-0.05, 0) is 53.9 Å². The zero-order chi connectivity index (χ0) is 23.7. The first-order chi connectivity index (χ1) is 16.6. The molecule has 0 radical (unpaired) electrons. The van der Waals surface area contributed by atoms with Crippen molar-refractivity contribution in [3.05, 3.63) is 107 Å². The number of amides is 2. The van der Waals surface area contributed by atoms with Crippen molar-refractivity contribution in [2.45, 2.75) is 19.5 Å². The number of nitrogens with zero attached hydrogens (tertiary/aromatic N) is 2. The normalized spacial score (nSPS) is 14.6. The quantitative estimate of drug-likeness (QED) is 0.416. The summed E-state index contributed by atoms with van der Waals surface area (Å²) in [6.07, 6.45) is 2.06. The third kappa shape index (κ3) is 3.77. The van der Waals surface area contributed by atoms with Crippen LogP contribution in [0.4, 0.5) is 10.5 Å². The van der Waals surface area contributed by atoms with Gasteiger partial charge in [-0.3, -0.25) is 0 Å². The van der Waals surface area contributed by atoms with Crippen molar-refractivity contribution in [3.63, 3.8) is 0 Å². The number of benzene rings is 3. The number of aromatic nitrogens is 1. The zero-order valence-corrected chi connectivity index (χ0v) is 19.5. The molecule has 0 fully saturated rings. The van der Waals surface area contributed by atoms with E-state index in [-0.39, 0.29) is 12.1 Å². The molecule has 1 unspecified atom stereocenters. The molecule has 1 aromatic heterocycles. The van der Waals surface area contributed by atoms with Crippen molar-refractivity contribution in [3.8, 4) is 17.2 Å². The van der Waals surface area contributed by atoms with Crippen LogP contribution in [0.5, 0.6) is 11.5 Å². The van der Waals surface area contributed by atoms with Crippen LogP contribution in [0.25, 0.3) is 5.69 Å². The van der Waals surface area contributed by atoms with E-state index in [1.807, 2.05) is 41.3 Å². The Morgan fingerprint density at radius 1 is 0.912 bits per heavy atom. The first-order valence-electron chi connectivity index (χ1n) is 11.2. The van der Waals surface area contributed by atoms with Crippen molar-refractivity contribution in [1.29, 1.82) is 0 Å². The maximum Gasteiger partial charge on any atom is 0.322 e. The van der Waals surface area contributed by atoms with Crippen molar-refractivity contribution in [2.24, 2.45) is 0 Å². The number of urea groups is 1. The molecular weight excluding hydrogens is 426 g/mol. The SMILES string of the molecule is COc1ccc(NC(=O)N2Cc3ccccc3-n3cccc3C2c2ccccc2C)cc1OC. The third-order valence-corrected chi connectivity index (χ3v) is 6.34. The average molecular weight is 454 g/mol. The van der Waals surface area contributed by atoms with Crippen LogP contribution < -0.4 is 14.8 Å². The Morgan fingerprint density at radius 2 is 1.68 bits per heavy atom. The number of methoxy groups -OCH3 is 2. The first kappa shape index (κ1) is 21.6. The lowest BCUT2D eigenvalue weighted by atomic mass is 9.97. The predicted octanol–water partition coefficient (Wildman–Crippen LogP) is 5.94. The number of rotatable bonds is 4. The molecule has 1 N–H and O–H groups in total. The standard InChI is InChI=1S/C28H27N3O3/c1-19-9-4-6-11-22(19)27-24-13-8-16-30(24)23-12-7-5-10-20(23)18-31(27)28(32)29-21-14-15-25(33-2)26(17-21)34-3/h4-17,27H,18H2,1-3H3,(H,29,32). The summed E-state index contributed by atoms with van der Waals surface area (Å²) in [5, 5.41) is 3.08. The molecule has 5 rings (SSSR count). The fraction of sp³-hybridized carbons (Fsp3) is 0.179. The van der Waals surface area contributed by atoms with Crippen molar-refractivity contribution in [2.75, 3.05) is 19.5 Å². The minimum Gasteiger partial charge on any atom is -0.493 e. The van der Waals surface area contributed by atoms with Crippen LogP contribution in [-0.2, 0) is 6.54 Å². The van der Waals surface area contributed by atoms with E-state index in [9.17, 15) is 4.79 Å². The van der Waals surface area contributed by atoms with Crippen molar-refractivity contribution < 1.29 is 14.3 Å². The molecule has 172 valence electrons. The molecule has 1 aliphatic heterocycles. The fourth-order valence-electron chi connectivity index (χ4n) is 4.67. The number of hydrogen-bond donors (Lipinski definition) is 1. The van der Waals surface area contributed by atoms with Crippen LogP contribution in [0.1, 0.15) is 28.4 Å². The van der Waals surface area contributed by atoms with Gasteiger partial charge in [0.2, 0.25) is 0 Å². The van der Waals surface area contributed by atoms with Crippen LogP contribution in [-0.4, -0.2) is 29.7 Å².